The average Bonchev–Trinajstić information content (AvgIpc) is 2.68. The highest BCUT2D eigenvalue weighted by atomic mass is 16.6. The van der Waals surface area contributed by atoms with E-state index in [0.717, 1.165) is 43.9 Å². The molecule has 3 atom stereocenters. The van der Waals surface area contributed by atoms with Crippen molar-refractivity contribution in [3.8, 4) is 11.5 Å². The van der Waals surface area contributed by atoms with Crippen LogP contribution in [0, 0.1) is 11.8 Å². The second kappa shape index (κ2) is 7.28. The van der Waals surface area contributed by atoms with E-state index in [1.165, 1.54) is 6.42 Å². The summed E-state index contributed by atoms with van der Waals surface area (Å²) in [5, 5.41) is 2.99. The van der Waals surface area contributed by atoms with Crippen molar-refractivity contribution in [2.24, 2.45) is 11.8 Å². The van der Waals surface area contributed by atoms with Crippen LogP contribution < -0.4 is 14.8 Å². The van der Waals surface area contributed by atoms with Gasteiger partial charge in [0.1, 0.15) is 13.2 Å². The van der Waals surface area contributed by atoms with Gasteiger partial charge in [0.15, 0.2) is 11.5 Å². The van der Waals surface area contributed by atoms with Crippen molar-refractivity contribution in [1.29, 1.82) is 0 Å². The van der Waals surface area contributed by atoms with Crippen LogP contribution in [0.4, 0.5) is 5.69 Å². The Morgan fingerprint density at radius 3 is 2.89 bits per heavy atom. The Morgan fingerprint density at radius 1 is 1.14 bits per heavy atom. The number of nitrogens with one attached hydrogen (secondary N) is 1. The molecule has 28 heavy (non-hydrogen) atoms. The number of fused-ring (bicyclic) bond motifs is 5. The van der Waals surface area contributed by atoms with Crippen molar-refractivity contribution in [1.82, 2.24) is 9.80 Å². The van der Waals surface area contributed by atoms with E-state index in [4.69, 9.17) is 9.47 Å². The molecule has 7 nitrogen and oxygen atoms in total. The van der Waals surface area contributed by atoms with Gasteiger partial charge >= 0.3 is 0 Å². The van der Waals surface area contributed by atoms with E-state index in [9.17, 15) is 9.59 Å². The second-order valence-electron chi connectivity index (χ2n) is 8.47. The van der Waals surface area contributed by atoms with E-state index in [1.54, 1.807) is 0 Å². The summed E-state index contributed by atoms with van der Waals surface area (Å²) in [4.78, 5) is 29.3. The number of likely N-dealkylation sites (tertiary alicyclic amines) is 1. The van der Waals surface area contributed by atoms with Gasteiger partial charge in [0.2, 0.25) is 11.8 Å². The standard InChI is InChI=1S/C21H27N3O4/c25-20(22-16-4-5-18-19(9-16)28-7-6-27-18)13-23-10-14-8-15(12-23)17-2-1-3-21(26)24(17)11-14/h4-5,9,14-15,17H,1-3,6-8,10-13H2,(H,22,25)/t14?,15?,17-/m1/s1. The molecule has 2 unspecified atom stereocenters. The Hall–Kier alpha value is -2.28. The first kappa shape index (κ1) is 17.8. The summed E-state index contributed by atoms with van der Waals surface area (Å²) in [6.45, 7) is 4.13. The number of rotatable bonds is 3. The minimum absolute atomic E-state index is 0.00627. The lowest BCUT2D eigenvalue weighted by Crippen LogP contribution is -2.61. The van der Waals surface area contributed by atoms with Gasteiger partial charge in [0.25, 0.3) is 0 Å². The first-order valence-electron chi connectivity index (χ1n) is 10.4. The molecule has 4 aliphatic heterocycles. The molecule has 1 N–H and O–H groups in total. The summed E-state index contributed by atoms with van der Waals surface area (Å²) < 4.78 is 11.1. The highest BCUT2D eigenvalue weighted by Gasteiger charge is 2.44. The number of amides is 2. The molecule has 150 valence electrons. The molecule has 0 radical (unpaired) electrons. The van der Waals surface area contributed by atoms with E-state index >= 15 is 0 Å². The number of carbonyl (C=O) groups excluding carboxylic acids is 2. The number of hydrogen-bond acceptors (Lipinski definition) is 5. The van der Waals surface area contributed by atoms with Gasteiger partial charge in [-0.2, -0.15) is 0 Å². The molecule has 5 rings (SSSR count). The summed E-state index contributed by atoms with van der Waals surface area (Å²) in [5.41, 5.74) is 0.732. The molecule has 0 spiro atoms. The molecule has 7 heteroatoms. The third kappa shape index (κ3) is 3.43. The molecule has 3 saturated heterocycles. The van der Waals surface area contributed by atoms with Gasteiger partial charge in [0, 0.05) is 43.9 Å². The largest absolute Gasteiger partial charge is 0.486 e. The Kier molecular flexibility index (Phi) is 4.62. The molecule has 0 saturated carbocycles. The fourth-order valence-corrected chi connectivity index (χ4v) is 5.37. The quantitative estimate of drug-likeness (QED) is 0.858. The third-order valence-electron chi connectivity index (χ3n) is 6.45. The van der Waals surface area contributed by atoms with Crippen molar-refractivity contribution in [3.63, 3.8) is 0 Å². The molecular formula is C21H27N3O4. The summed E-state index contributed by atoms with van der Waals surface area (Å²) in [5.74, 6) is 2.71. The maximum absolute atomic E-state index is 12.6. The monoisotopic (exact) mass is 385 g/mol. The topological polar surface area (TPSA) is 71.1 Å². The summed E-state index contributed by atoms with van der Waals surface area (Å²) in [7, 11) is 0. The maximum atomic E-state index is 12.6. The Balaban J connectivity index is 1.20. The summed E-state index contributed by atoms with van der Waals surface area (Å²) in [6.07, 6.45) is 4.01. The number of nitrogens with zero attached hydrogens (tertiary/aromatic N) is 2. The van der Waals surface area contributed by atoms with E-state index < -0.39 is 0 Å². The minimum Gasteiger partial charge on any atom is -0.486 e. The molecule has 0 aromatic heterocycles. The average molecular weight is 385 g/mol. The van der Waals surface area contributed by atoms with Crippen LogP contribution in [-0.4, -0.2) is 67.0 Å². The van der Waals surface area contributed by atoms with Crippen molar-refractivity contribution < 1.29 is 19.1 Å². The first-order chi connectivity index (χ1) is 13.7. The van der Waals surface area contributed by atoms with Gasteiger partial charge in [-0.3, -0.25) is 14.5 Å². The SMILES string of the molecule is O=C(CN1CC2CC(C1)[C@H]1CCCC(=O)N1C2)Nc1ccc2c(c1)OCCO2. The zero-order valence-electron chi connectivity index (χ0n) is 16.1. The number of piperidine rings is 3. The Labute approximate surface area is 165 Å². The molecule has 4 heterocycles. The van der Waals surface area contributed by atoms with Crippen LogP contribution in [0.15, 0.2) is 18.2 Å². The van der Waals surface area contributed by atoms with Crippen LogP contribution in [0.2, 0.25) is 0 Å². The Morgan fingerprint density at radius 2 is 2.00 bits per heavy atom. The molecule has 1 aromatic rings. The van der Waals surface area contributed by atoms with Crippen molar-refractivity contribution in [2.45, 2.75) is 31.7 Å². The lowest BCUT2D eigenvalue weighted by Gasteiger charge is -2.52. The molecule has 1 aromatic carbocycles. The number of ether oxygens (including phenoxy) is 2. The highest BCUT2D eigenvalue weighted by Crippen LogP contribution is 2.38. The number of hydrogen-bond donors (Lipinski definition) is 1. The molecule has 0 aliphatic carbocycles. The van der Waals surface area contributed by atoms with E-state index in [-0.39, 0.29) is 5.91 Å². The summed E-state index contributed by atoms with van der Waals surface area (Å²) >= 11 is 0. The van der Waals surface area contributed by atoms with Crippen molar-refractivity contribution >= 4 is 17.5 Å². The van der Waals surface area contributed by atoms with Gasteiger partial charge in [-0.05, 0) is 43.2 Å². The third-order valence-corrected chi connectivity index (χ3v) is 6.45. The van der Waals surface area contributed by atoms with Crippen LogP contribution in [0.25, 0.3) is 0 Å². The fraction of sp³-hybridized carbons (Fsp3) is 0.619. The smallest absolute Gasteiger partial charge is 0.238 e. The van der Waals surface area contributed by atoms with Gasteiger partial charge in [-0.1, -0.05) is 0 Å². The van der Waals surface area contributed by atoms with E-state index in [2.05, 4.69) is 15.1 Å². The van der Waals surface area contributed by atoms with Crippen LogP contribution in [0.3, 0.4) is 0 Å². The number of benzene rings is 1. The van der Waals surface area contributed by atoms with Crippen molar-refractivity contribution in [3.05, 3.63) is 18.2 Å². The van der Waals surface area contributed by atoms with Gasteiger partial charge < -0.3 is 19.7 Å². The Bertz CT molecular complexity index is 783. The molecule has 3 fully saturated rings. The predicted octanol–water partition coefficient (Wildman–Crippen LogP) is 1.73. The van der Waals surface area contributed by atoms with Crippen molar-refractivity contribution in [2.75, 3.05) is 44.7 Å². The van der Waals surface area contributed by atoms with E-state index in [1.807, 2.05) is 18.2 Å². The second-order valence-corrected chi connectivity index (χ2v) is 8.47. The van der Waals surface area contributed by atoms with Gasteiger partial charge in [-0.15, -0.1) is 0 Å². The molecule has 2 bridgehead atoms. The lowest BCUT2D eigenvalue weighted by molar-refractivity contribution is -0.145. The molecule has 2 amide bonds. The number of carbonyl (C=O) groups is 2. The van der Waals surface area contributed by atoms with Crippen LogP contribution in [0.1, 0.15) is 25.7 Å². The highest BCUT2D eigenvalue weighted by molar-refractivity contribution is 5.92. The van der Waals surface area contributed by atoms with Crippen LogP contribution >= 0.6 is 0 Å². The first-order valence-corrected chi connectivity index (χ1v) is 10.4. The fourth-order valence-electron chi connectivity index (χ4n) is 5.37. The predicted molar refractivity (Wildman–Crippen MR) is 103 cm³/mol. The molecule has 4 aliphatic rings. The number of anilines is 1. The minimum atomic E-state index is -0.00627. The zero-order valence-corrected chi connectivity index (χ0v) is 16.1. The van der Waals surface area contributed by atoms with Crippen LogP contribution in [0.5, 0.6) is 11.5 Å². The van der Waals surface area contributed by atoms with Gasteiger partial charge in [-0.25, -0.2) is 0 Å². The van der Waals surface area contributed by atoms with E-state index in [0.29, 0.717) is 55.7 Å². The molecular weight excluding hydrogens is 358 g/mol. The zero-order chi connectivity index (χ0) is 19.1. The van der Waals surface area contributed by atoms with Gasteiger partial charge in [0.05, 0.1) is 6.54 Å². The normalized spacial score (nSPS) is 29.2. The lowest BCUT2D eigenvalue weighted by atomic mass is 9.76. The van der Waals surface area contributed by atoms with Crippen LogP contribution in [-0.2, 0) is 9.59 Å². The maximum Gasteiger partial charge on any atom is 0.238 e. The summed E-state index contributed by atoms with van der Waals surface area (Å²) in [6, 6.07) is 5.88.